The maximum absolute atomic E-state index is 12.8. The number of anilines is 1. The number of amides is 1. The maximum Gasteiger partial charge on any atom is 0.266 e. The molecule has 0 spiro atoms. The molecule has 2 atom stereocenters. The average molecular weight is 307 g/mol. The van der Waals surface area contributed by atoms with Crippen LogP contribution in [0.25, 0.3) is 10.2 Å². The van der Waals surface area contributed by atoms with E-state index >= 15 is 0 Å². The molecule has 2 N–H and O–H groups in total. The lowest BCUT2D eigenvalue weighted by Gasteiger charge is -2.37. The highest BCUT2D eigenvalue weighted by molar-refractivity contribution is 8.00. The Morgan fingerprint density at radius 2 is 2.30 bits per heavy atom. The van der Waals surface area contributed by atoms with Crippen molar-refractivity contribution in [2.45, 2.75) is 25.1 Å². The van der Waals surface area contributed by atoms with Crippen LogP contribution in [0.2, 0.25) is 0 Å². The fourth-order valence-corrected chi connectivity index (χ4v) is 4.58. The predicted octanol–water partition coefficient (Wildman–Crippen LogP) is 2.84. The number of nitrogens with two attached hydrogens (primary N) is 1. The van der Waals surface area contributed by atoms with Gasteiger partial charge < -0.3 is 10.6 Å². The summed E-state index contributed by atoms with van der Waals surface area (Å²) in [5, 5.41) is 1.34. The third-order valence-electron chi connectivity index (χ3n) is 3.84. The molecular formula is C14H17N3OS2. The summed E-state index contributed by atoms with van der Waals surface area (Å²) in [5.41, 5.74) is 6.71. The van der Waals surface area contributed by atoms with Crippen LogP contribution in [0.5, 0.6) is 0 Å². The van der Waals surface area contributed by atoms with E-state index in [9.17, 15) is 4.79 Å². The summed E-state index contributed by atoms with van der Waals surface area (Å²) >= 11 is 3.31. The Morgan fingerprint density at radius 3 is 3.05 bits per heavy atom. The first-order valence-corrected chi connectivity index (χ1v) is 8.51. The summed E-state index contributed by atoms with van der Waals surface area (Å²) in [6.07, 6.45) is 1.73. The molecule has 0 bridgehead atoms. The number of fused-ring (bicyclic) bond motifs is 1. The molecule has 6 heteroatoms. The molecular weight excluding hydrogens is 290 g/mol. The Balaban J connectivity index is 1.98. The van der Waals surface area contributed by atoms with Crippen molar-refractivity contribution < 1.29 is 4.79 Å². The third kappa shape index (κ3) is 2.16. The van der Waals surface area contributed by atoms with Crippen LogP contribution in [0, 0.1) is 0 Å². The van der Waals surface area contributed by atoms with Gasteiger partial charge in [0.25, 0.3) is 5.91 Å². The zero-order chi connectivity index (χ0) is 14.3. The van der Waals surface area contributed by atoms with Gasteiger partial charge in [-0.3, -0.25) is 4.79 Å². The van der Waals surface area contributed by atoms with E-state index in [1.165, 1.54) is 11.3 Å². The van der Waals surface area contributed by atoms with E-state index in [4.69, 9.17) is 5.73 Å². The molecule has 1 aliphatic heterocycles. The number of hydrogen-bond donors (Lipinski definition) is 1. The fourth-order valence-electron chi connectivity index (χ4n) is 2.46. The van der Waals surface area contributed by atoms with Crippen molar-refractivity contribution in [1.82, 2.24) is 9.88 Å². The topological polar surface area (TPSA) is 59.2 Å². The normalized spacial score (nSPS) is 23.2. The zero-order valence-corrected chi connectivity index (χ0v) is 13.1. The summed E-state index contributed by atoms with van der Waals surface area (Å²) in [6, 6.07) is 4.00. The monoisotopic (exact) mass is 307 g/mol. The molecule has 1 amide bonds. The Labute approximate surface area is 126 Å². The molecule has 1 aliphatic rings. The van der Waals surface area contributed by atoms with Crippen molar-refractivity contribution in [3.8, 4) is 0 Å². The predicted molar refractivity (Wildman–Crippen MR) is 86.5 cm³/mol. The smallest absolute Gasteiger partial charge is 0.266 e. The SMILES string of the molecule is CC1SCCN(C(=O)c2sc3ncccc3c2N)C1C. The van der Waals surface area contributed by atoms with E-state index in [2.05, 4.69) is 18.8 Å². The molecule has 0 radical (unpaired) electrons. The Hall–Kier alpha value is -1.27. The number of nitrogens with zero attached hydrogens (tertiary/aromatic N) is 2. The van der Waals surface area contributed by atoms with Crippen molar-refractivity contribution in [3.05, 3.63) is 23.2 Å². The quantitative estimate of drug-likeness (QED) is 0.880. The van der Waals surface area contributed by atoms with Crippen molar-refractivity contribution in [3.63, 3.8) is 0 Å². The highest BCUT2D eigenvalue weighted by atomic mass is 32.2. The van der Waals surface area contributed by atoms with Crippen LogP contribution in [0.15, 0.2) is 18.3 Å². The van der Waals surface area contributed by atoms with Gasteiger partial charge >= 0.3 is 0 Å². The minimum Gasteiger partial charge on any atom is -0.397 e. The molecule has 1 fully saturated rings. The molecule has 1 saturated heterocycles. The highest BCUT2D eigenvalue weighted by Gasteiger charge is 2.31. The summed E-state index contributed by atoms with van der Waals surface area (Å²) in [6.45, 7) is 5.07. The third-order valence-corrected chi connectivity index (χ3v) is 6.30. The van der Waals surface area contributed by atoms with Crippen LogP contribution in [0.1, 0.15) is 23.5 Å². The molecule has 2 unspecified atom stereocenters. The lowest BCUT2D eigenvalue weighted by Crippen LogP contribution is -2.47. The summed E-state index contributed by atoms with van der Waals surface area (Å²) in [4.78, 5) is 20.5. The van der Waals surface area contributed by atoms with Crippen molar-refractivity contribution >= 4 is 44.9 Å². The lowest BCUT2D eigenvalue weighted by atomic mass is 10.2. The first-order valence-electron chi connectivity index (χ1n) is 6.65. The maximum atomic E-state index is 12.8. The molecule has 3 rings (SSSR count). The van der Waals surface area contributed by atoms with Crippen molar-refractivity contribution in [1.29, 1.82) is 0 Å². The second-order valence-electron chi connectivity index (χ2n) is 5.02. The van der Waals surface area contributed by atoms with Gasteiger partial charge in [-0.05, 0) is 19.1 Å². The minimum absolute atomic E-state index is 0.0464. The number of thiophene rings is 1. The van der Waals surface area contributed by atoms with Crippen LogP contribution in [0.4, 0.5) is 5.69 Å². The highest BCUT2D eigenvalue weighted by Crippen LogP contribution is 2.34. The van der Waals surface area contributed by atoms with Gasteiger partial charge in [0, 0.05) is 35.2 Å². The molecule has 0 aromatic carbocycles. The standard InChI is InChI=1S/C14H17N3OS2/c1-8-9(2)19-7-6-17(8)14(18)12-11(15)10-4-3-5-16-13(10)20-12/h3-5,8-9H,6-7,15H2,1-2H3. The Morgan fingerprint density at radius 1 is 1.50 bits per heavy atom. The van der Waals surface area contributed by atoms with Crippen LogP contribution >= 0.6 is 23.1 Å². The van der Waals surface area contributed by atoms with Gasteiger partial charge in [-0.25, -0.2) is 4.98 Å². The fraction of sp³-hybridized carbons (Fsp3) is 0.429. The number of carbonyl (C=O) groups excluding carboxylic acids is 1. The number of pyridine rings is 1. The number of carbonyl (C=O) groups is 1. The van der Waals surface area contributed by atoms with Gasteiger partial charge in [0.1, 0.15) is 9.71 Å². The van der Waals surface area contributed by atoms with Crippen molar-refractivity contribution in [2.75, 3.05) is 18.0 Å². The van der Waals surface area contributed by atoms with Gasteiger partial charge in [0.15, 0.2) is 0 Å². The second kappa shape index (κ2) is 5.26. The molecule has 0 saturated carbocycles. The van der Waals surface area contributed by atoms with E-state index in [0.29, 0.717) is 15.8 Å². The van der Waals surface area contributed by atoms with E-state index in [1.807, 2.05) is 28.8 Å². The molecule has 4 nitrogen and oxygen atoms in total. The summed E-state index contributed by atoms with van der Waals surface area (Å²) < 4.78 is 0. The lowest BCUT2D eigenvalue weighted by molar-refractivity contribution is 0.0704. The number of nitrogen functional groups attached to an aromatic ring is 1. The number of aromatic nitrogens is 1. The van der Waals surface area contributed by atoms with E-state index in [1.54, 1.807) is 6.20 Å². The first kappa shape index (κ1) is 13.7. The zero-order valence-electron chi connectivity index (χ0n) is 11.5. The van der Waals surface area contributed by atoms with Gasteiger partial charge in [-0.15, -0.1) is 11.3 Å². The molecule has 0 aliphatic carbocycles. The van der Waals surface area contributed by atoms with Gasteiger partial charge in [-0.2, -0.15) is 11.8 Å². The van der Waals surface area contributed by atoms with Crippen LogP contribution in [0.3, 0.4) is 0 Å². The molecule has 3 heterocycles. The van der Waals surface area contributed by atoms with Gasteiger partial charge in [0.2, 0.25) is 0 Å². The van der Waals surface area contributed by atoms with E-state index in [-0.39, 0.29) is 11.9 Å². The Kier molecular flexibility index (Phi) is 3.60. The average Bonchev–Trinajstić information content (AvgIpc) is 2.79. The van der Waals surface area contributed by atoms with E-state index in [0.717, 1.165) is 22.5 Å². The van der Waals surface area contributed by atoms with E-state index < -0.39 is 0 Å². The number of hydrogen-bond acceptors (Lipinski definition) is 5. The largest absolute Gasteiger partial charge is 0.397 e. The number of thioether (sulfide) groups is 1. The van der Waals surface area contributed by atoms with Crippen LogP contribution in [-0.2, 0) is 0 Å². The molecule has 2 aromatic heterocycles. The van der Waals surface area contributed by atoms with Crippen molar-refractivity contribution in [2.24, 2.45) is 0 Å². The van der Waals surface area contributed by atoms with Crippen LogP contribution < -0.4 is 5.73 Å². The molecule has 2 aromatic rings. The summed E-state index contributed by atoms with van der Waals surface area (Å²) in [5.74, 6) is 1.03. The second-order valence-corrected chi connectivity index (χ2v) is 7.50. The number of rotatable bonds is 1. The molecule has 20 heavy (non-hydrogen) atoms. The van der Waals surface area contributed by atoms with Gasteiger partial charge in [0.05, 0.1) is 5.69 Å². The van der Waals surface area contributed by atoms with Crippen LogP contribution in [-0.4, -0.2) is 39.4 Å². The van der Waals surface area contributed by atoms with Gasteiger partial charge in [-0.1, -0.05) is 6.92 Å². The minimum atomic E-state index is 0.0464. The summed E-state index contributed by atoms with van der Waals surface area (Å²) in [7, 11) is 0. The molecule has 106 valence electrons. The first-order chi connectivity index (χ1) is 9.59. The Bertz CT molecular complexity index is 655.